The fraction of sp³-hybridized carbons (Fsp3) is 0.385. The van der Waals surface area contributed by atoms with E-state index in [1.54, 1.807) is 12.1 Å². The lowest BCUT2D eigenvalue weighted by Crippen LogP contribution is -2.32. The fourth-order valence-electron chi connectivity index (χ4n) is 4.39. The van der Waals surface area contributed by atoms with E-state index >= 15 is 0 Å². The summed E-state index contributed by atoms with van der Waals surface area (Å²) in [6.45, 7) is 4.57. The summed E-state index contributed by atoms with van der Waals surface area (Å²) >= 11 is 6.02. The van der Waals surface area contributed by atoms with Crippen LogP contribution in [0, 0.1) is 13.8 Å². The number of nitrogens with one attached hydrogen (secondary N) is 2. The Hall–Kier alpha value is -2.48. The molecule has 8 heteroatoms. The highest BCUT2D eigenvalue weighted by molar-refractivity contribution is 7.89. The van der Waals surface area contributed by atoms with E-state index in [0.717, 1.165) is 66.1 Å². The Morgan fingerprint density at radius 2 is 1.59 bits per heavy atom. The van der Waals surface area contributed by atoms with Gasteiger partial charge in [-0.15, -0.1) is 0 Å². The Morgan fingerprint density at radius 1 is 0.941 bits per heavy atom. The number of benzene rings is 2. The zero-order chi connectivity index (χ0) is 24.1. The summed E-state index contributed by atoms with van der Waals surface area (Å²) in [5, 5.41) is 4.18. The number of halogens is 1. The molecule has 2 aromatic carbocycles. The molecule has 2 N–H and O–H groups in total. The first-order valence-electron chi connectivity index (χ1n) is 11.7. The molecule has 1 fully saturated rings. The highest BCUT2D eigenvalue weighted by Crippen LogP contribution is 2.23. The monoisotopic (exact) mass is 498 g/mol. The lowest BCUT2D eigenvalue weighted by molar-refractivity contribution is 0.552. The van der Waals surface area contributed by atoms with Crippen LogP contribution in [-0.4, -0.2) is 31.0 Å². The van der Waals surface area contributed by atoms with Gasteiger partial charge in [-0.2, -0.15) is 0 Å². The molecule has 0 amide bonds. The van der Waals surface area contributed by atoms with Crippen molar-refractivity contribution in [2.75, 3.05) is 11.9 Å². The van der Waals surface area contributed by atoms with E-state index < -0.39 is 10.0 Å². The van der Waals surface area contributed by atoms with Gasteiger partial charge < -0.3 is 5.32 Å². The molecule has 34 heavy (non-hydrogen) atoms. The van der Waals surface area contributed by atoms with Gasteiger partial charge in [0, 0.05) is 35.3 Å². The van der Waals surface area contributed by atoms with Crippen molar-refractivity contribution in [2.24, 2.45) is 0 Å². The van der Waals surface area contributed by atoms with Crippen LogP contribution in [0.4, 0.5) is 5.82 Å². The highest BCUT2D eigenvalue weighted by atomic mass is 35.5. The number of rotatable bonds is 9. The molecule has 0 spiro atoms. The van der Waals surface area contributed by atoms with Gasteiger partial charge in [0.25, 0.3) is 0 Å². The maximum absolute atomic E-state index is 12.6. The summed E-state index contributed by atoms with van der Waals surface area (Å²) in [5.74, 6) is 1.56. The highest BCUT2D eigenvalue weighted by Gasteiger charge is 2.22. The van der Waals surface area contributed by atoms with Crippen molar-refractivity contribution < 1.29 is 8.42 Å². The van der Waals surface area contributed by atoms with Crippen LogP contribution in [0.15, 0.2) is 53.4 Å². The van der Waals surface area contributed by atoms with Gasteiger partial charge in [-0.3, -0.25) is 0 Å². The second-order valence-electron chi connectivity index (χ2n) is 8.91. The van der Waals surface area contributed by atoms with Crippen LogP contribution in [0.25, 0.3) is 0 Å². The SMILES string of the molecule is Cc1nc(C)c(Cc2ccc(Cl)cc2)c(NCCc2ccc(S(=O)(=O)NC3CCCC3)cc2)n1. The van der Waals surface area contributed by atoms with Gasteiger partial charge in [0.15, 0.2) is 0 Å². The van der Waals surface area contributed by atoms with Crippen molar-refractivity contribution in [3.8, 4) is 0 Å². The molecule has 0 aliphatic heterocycles. The molecule has 4 rings (SSSR count). The Morgan fingerprint density at radius 3 is 2.26 bits per heavy atom. The van der Waals surface area contributed by atoms with Crippen molar-refractivity contribution in [3.63, 3.8) is 0 Å². The molecule has 1 aromatic heterocycles. The van der Waals surface area contributed by atoms with E-state index in [9.17, 15) is 8.42 Å². The number of nitrogens with zero attached hydrogens (tertiary/aromatic N) is 2. The van der Waals surface area contributed by atoms with Gasteiger partial charge in [-0.25, -0.2) is 23.1 Å². The normalized spacial score (nSPS) is 14.4. The van der Waals surface area contributed by atoms with Crippen LogP contribution in [0.1, 0.15) is 53.9 Å². The van der Waals surface area contributed by atoms with Crippen LogP contribution in [0.2, 0.25) is 5.02 Å². The molecule has 1 heterocycles. The average Bonchev–Trinajstić information content (AvgIpc) is 3.30. The van der Waals surface area contributed by atoms with E-state index in [1.807, 2.05) is 50.2 Å². The largest absolute Gasteiger partial charge is 0.369 e. The third-order valence-corrected chi connectivity index (χ3v) is 8.02. The zero-order valence-electron chi connectivity index (χ0n) is 19.6. The quantitative estimate of drug-likeness (QED) is 0.423. The van der Waals surface area contributed by atoms with Crippen molar-refractivity contribution >= 4 is 27.4 Å². The van der Waals surface area contributed by atoms with E-state index in [0.29, 0.717) is 22.9 Å². The molecule has 1 aliphatic carbocycles. The van der Waals surface area contributed by atoms with Crippen LogP contribution in [0.3, 0.4) is 0 Å². The van der Waals surface area contributed by atoms with E-state index in [-0.39, 0.29) is 6.04 Å². The van der Waals surface area contributed by atoms with E-state index in [4.69, 9.17) is 11.6 Å². The third-order valence-electron chi connectivity index (χ3n) is 6.24. The van der Waals surface area contributed by atoms with E-state index in [2.05, 4.69) is 20.0 Å². The van der Waals surface area contributed by atoms with Crippen LogP contribution in [-0.2, 0) is 22.9 Å². The molecule has 1 aliphatic rings. The topological polar surface area (TPSA) is 84.0 Å². The molecule has 0 bridgehead atoms. The minimum Gasteiger partial charge on any atom is -0.369 e. The second-order valence-corrected chi connectivity index (χ2v) is 11.1. The molecule has 6 nitrogen and oxygen atoms in total. The van der Waals surface area contributed by atoms with Gasteiger partial charge in [0.2, 0.25) is 10.0 Å². The summed E-state index contributed by atoms with van der Waals surface area (Å²) in [7, 11) is -3.46. The number of aromatic nitrogens is 2. The van der Waals surface area contributed by atoms with Crippen LogP contribution in [0.5, 0.6) is 0 Å². The molecule has 0 radical (unpaired) electrons. The van der Waals surface area contributed by atoms with Crippen molar-refractivity contribution in [2.45, 2.75) is 63.3 Å². The summed E-state index contributed by atoms with van der Waals surface area (Å²) in [4.78, 5) is 9.50. The number of hydrogen-bond donors (Lipinski definition) is 2. The molecule has 3 aromatic rings. The van der Waals surface area contributed by atoms with Crippen LogP contribution >= 0.6 is 11.6 Å². The first kappa shape index (κ1) is 24.6. The number of sulfonamides is 1. The predicted octanol–water partition coefficient (Wildman–Crippen LogP) is 5.21. The third kappa shape index (κ3) is 6.34. The zero-order valence-corrected chi connectivity index (χ0v) is 21.2. The van der Waals surface area contributed by atoms with Crippen molar-refractivity contribution in [1.29, 1.82) is 0 Å². The minimum atomic E-state index is -3.46. The van der Waals surface area contributed by atoms with Gasteiger partial charge in [-0.1, -0.05) is 48.7 Å². The summed E-state index contributed by atoms with van der Waals surface area (Å²) in [5.41, 5.74) is 4.22. The molecule has 0 atom stereocenters. The molecule has 180 valence electrons. The van der Waals surface area contributed by atoms with Crippen LogP contribution < -0.4 is 10.0 Å². The maximum atomic E-state index is 12.6. The minimum absolute atomic E-state index is 0.0655. The number of aryl methyl sites for hydroxylation is 2. The summed E-state index contributed by atoms with van der Waals surface area (Å²) in [6.07, 6.45) is 5.48. The van der Waals surface area contributed by atoms with Gasteiger partial charge in [0.05, 0.1) is 4.90 Å². The Bertz CT molecular complexity index is 1220. The number of hydrogen-bond acceptors (Lipinski definition) is 5. The molecular formula is C26H31ClN4O2S. The molecule has 0 unspecified atom stereocenters. The maximum Gasteiger partial charge on any atom is 0.240 e. The van der Waals surface area contributed by atoms with Gasteiger partial charge >= 0.3 is 0 Å². The molecular weight excluding hydrogens is 468 g/mol. The lowest BCUT2D eigenvalue weighted by Gasteiger charge is -2.15. The van der Waals surface area contributed by atoms with Gasteiger partial charge in [0.1, 0.15) is 11.6 Å². The Balaban J connectivity index is 1.39. The van der Waals surface area contributed by atoms with Gasteiger partial charge in [-0.05, 0) is 68.5 Å². The molecule has 0 saturated heterocycles. The van der Waals surface area contributed by atoms with E-state index in [1.165, 1.54) is 0 Å². The molecule has 1 saturated carbocycles. The average molecular weight is 499 g/mol. The number of anilines is 1. The lowest BCUT2D eigenvalue weighted by atomic mass is 10.0. The van der Waals surface area contributed by atoms with Crippen molar-refractivity contribution in [1.82, 2.24) is 14.7 Å². The summed E-state index contributed by atoms with van der Waals surface area (Å²) in [6, 6.07) is 15.0. The Labute approximate surface area is 207 Å². The fourth-order valence-corrected chi connectivity index (χ4v) is 5.82. The smallest absolute Gasteiger partial charge is 0.240 e. The second kappa shape index (κ2) is 10.8. The Kier molecular flexibility index (Phi) is 7.86. The standard InChI is InChI=1S/C26H31ClN4O2S/c1-18-25(17-21-7-11-22(27)12-8-21)26(30-19(2)29-18)28-16-15-20-9-13-24(14-10-20)34(32,33)31-23-5-3-4-6-23/h7-14,23,31H,3-6,15-17H2,1-2H3,(H,28,29,30). The predicted molar refractivity (Wildman–Crippen MR) is 137 cm³/mol. The first-order chi connectivity index (χ1) is 16.3. The first-order valence-corrected chi connectivity index (χ1v) is 13.6. The van der Waals surface area contributed by atoms with Crippen molar-refractivity contribution in [3.05, 3.63) is 81.8 Å². The summed E-state index contributed by atoms with van der Waals surface area (Å²) < 4.78 is 28.1.